The summed E-state index contributed by atoms with van der Waals surface area (Å²) in [6, 6.07) is 10.2. The Labute approximate surface area is 202 Å². The van der Waals surface area contributed by atoms with Crippen molar-refractivity contribution in [3.8, 4) is 0 Å². The van der Waals surface area contributed by atoms with Crippen LogP contribution in [0.3, 0.4) is 0 Å². The maximum Gasteiger partial charge on any atom is 0.269 e. The summed E-state index contributed by atoms with van der Waals surface area (Å²) in [5.74, 6) is 1.79. The predicted octanol–water partition coefficient (Wildman–Crippen LogP) is 4.56. The van der Waals surface area contributed by atoms with Crippen LogP contribution in [0.2, 0.25) is 0 Å². The summed E-state index contributed by atoms with van der Waals surface area (Å²) < 4.78 is 35.5. The zero-order chi connectivity index (χ0) is 24.2. The van der Waals surface area contributed by atoms with Gasteiger partial charge in [0.2, 0.25) is 0 Å². The monoisotopic (exact) mass is 491 g/mol. The molecule has 1 atom stereocenters. The number of pyridine rings is 1. The topological polar surface area (TPSA) is 116 Å². The summed E-state index contributed by atoms with van der Waals surface area (Å²) in [4.78, 5) is 13.4. The molecule has 180 valence electrons. The molecule has 1 saturated carbocycles. The molecule has 0 amide bonds. The number of fused-ring (bicyclic) bond motifs is 3. The van der Waals surface area contributed by atoms with E-state index in [0.29, 0.717) is 28.3 Å². The summed E-state index contributed by atoms with van der Waals surface area (Å²) >= 11 is 0. The molecule has 9 nitrogen and oxygen atoms in total. The average molecular weight is 492 g/mol. The molecular formula is C25H25N5O4S. The smallest absolute Gasteiger partial charge is 0.269 e. The van der Waals surface area contributed by atoms with Gasteiger partial charge in [-0.25, -0.2) is 27.3 Å². The van der Waals surface area contributed by atoms with Crippen LogP contribution in [0.1, 0.15) is 62.3 Å². The molecule has 5 aromatic rings. The van der Waals surface area contributed by atoms with Crippen molar-refractivity contribution >= 4 is 32.1 Å². The average Bonchev–Trinajstić information content (AvgIpc) is 3.62. The van der Waals surface area contributed by atoms with Crippen LogP contribution in [0.4, 0.5) is 0 Å². The summed E-state index contributed by atoms with van der Waals surface area (Å²) in [5, 5.41) is 11.3. The highest BCUT2D eigenvalue weighted by Crippen LogP contribution is 2.41. The fourth-order valence-electron chi connectivity index (χ4n) is 5.28. The van der Waals surface area contributed by atoms with Gasteiger partial charge in [0.25, 0.3) is 10.0 Å². The molecule has 0 spiro atoms. The summed E-state index contributed by atoms with van der Waals surface area (Å²) in [5.41, 5.74) is 1.78. The van der Waals surface area contributed by atoms with E-state index in [4.69, 9.17) is 9.40 Å². The Morgan fingerprint density at radius 1 is 1.09 bits per heavy atom. The molecule has 1 aliphatic carbocycles. The Hall–Kier alpha value is -3.50. The number of nitrogens with zero attached hydrogens (tertiary/aromatic N) is 5. The largest absolute Gasteiger partial charge is 0.448 e. The van der Waals surface area contributed by atoms with Gasteiger partial charge in [0.05, 0.1) is 22.8 Å². The molecule has 4 aromatic heterocycles. The lowest BCUT2D eigenvalue weighted by molar-refractivity contribution is 0.176. The van der Waals surface area contributed by atoms with Crippen LogP contribution in [0, 0.1) is 0 Å². The second-order valence-electron chi connectivity index (χ2n) is 9.08. The van der Waals surface area contributed by atoms with E-state index in [-0.39, 0.29) is 10.9 Å². The van der Waals surface area contributed by atoms with Crippen molar-refractivity contribution in [2.45, 2.75) is 55.6 Å². The Bertz CT molecular complexity index is 1600. The molecule has 6 rings (SSSR count). The highest BCUT2D eigenvalue weighted by Gasteiger charge is 2.30. The van der Waals surface area contributed by atoms with Gasteiger partial charge in [0.1, 0.15) is 23.2 Å². The number of aliphatic hydroxyl groups is 1. The van der Waals surface area contributed by atoms with Crippen molar-refractivity contribution in [1.82, 2.24) is 23.5 Å². The zero-order valence-electron chi connectivity index (χ0n) is 19.2. The fourth-order valence-corrected chi connectivity index (χ4v) is 6.60. The van der Waals surface area contributed by atoms with E-state index in [1.807, 2.05) is 0 Å². The number of imidazole rings is 1. The Balaban J connectivity index is 1.47. The standard InChI is InChI=1S/C25H25N5O4S/c1-16(31)24-28-21-13-27-25-20(11-12-29(25)35(32,33)19-5-3-2-4-6-19)23(21)30(24)18-9-7-17(8-10-18)22-14-26-15-34-22/h2-6,11-18,31H,7-10H2,1H3/t16-,17?,18?/m1/s1. The van der Waals surface area contributed by atoms with Crippen molar-refractivity contribution in [2.24, 2.45) is 0 Å². The van der Waals surface area contributed by atoms with Crippen LogP contribution in [-0.2, 0) is 10.0 Å². The molecule has 1 aliphatic rings. The quantitative estimate of drug-likeness (QED) is 0.383. The summed E-state index contributed by atoms with van der Waals surface area (Å²) in [6.07, 6.45) is 9.22. The molecule has 1 aromatic carbocycles. The first-order chi connectivity index (χ1) is 16.9. The maximum atomic E-state index is 13.3. The van der Waals surface area contributed by atoms with Crippen molar-refractivity contribution < 1.29 is 17.9 Å². The van der Waals surface area contributed by atoms with Crippen LogP contribution < -0.4 is 0 Å². The minimum Gasteiger partial charge on any atom is -0.448 e. The second-order valence-corrected chi connectivity index (χ2v) is 10.9. The number of aliphatic hydroxyl groups excluding tert-OH is 1. The number of hydrogen-bond donors (Lipinski definition) is 1. The van der Waals surface area contributed by atoms with E-state index in [0.717, 1.165) is 37.0 Å². The van der Waals surface area contributed by atoms with E-state index in [1.54, 1.807) is 61.9 Å². The predicted molar refractivity (Wildman–Crippen MR) is 129 cm³/mol. The lowest BCUT2D eigenvalue weighted by Gasteiger charge is -2.30. The first-order valence-electron chi connectivity index (χ1n) is 11.7. The Kier molecular flexibility index (Phi) is 5.23. The van der Waals surface area contributed by atoms with Crippen molar-refractivity contribution in [3.05, 3.63) is 73.0 Å². The van der Waals surface area contributed by atoms with E-state index in [2.05, 4.69) is 14.5 Å². The van der Waals surface area contributed by atoms with Gasteiger partial charge in [0.15, 0.2) is 12.0 Å². The van der Waals surface area contributed by atoms with E-state index < -0.39 is 16.1 Å². The molecule has 0 aliphatic heterocycles. The molecule has 35 heavy (non-hydrogen) atoms. The second kappa shape index (κ2) is 8.31. The minimum absolute atomic E-state index is 0.114. The highest BCUT2D eigenvalue weighted by atomic mass is 32.2. The van der Waals surface area contributed by atoms with Gasteiger partial charge in [-0.15, -0.1) is 0 Å². The van der Waals surface area contributed by atoms with Gasteiger partial charge in [-0.3, -0.25) is 0 Å². The van der Waals surface area contributed by atoms with Gasteiger partial charge < -0.3 is 14.1 Å². The number of rotatable bonds is 5. The lowest BCUT2D eigenvalue weighted by atomic mass is 9.84. The fraction of sp³-hybridized carbons (Fsp3) is 0.320. The molecule has 0 radical (unpaired) electrons. The van der Waals surface area contributed by atoms with Gasteiger partial charge in [-0.1, -0.05) is 18.2 Å². The highest BCUT2D eigenvalue weighted by molar-refractivity contribution is 7.90. The summed E-state index contributed by atoms with van der Waals surface area (Å²) in [6.45, 7) is 1.70. The van der Waals surface area contributed by atoms with Gasteiger partial charge in [0, 0.05) is 23.5 Å². The van der Waals surface area contributed by atoms with Crippen LogP contribution in [0.25, 0.3) is 22.1 Å². The Morgan fingerprint density at radius 3 is 2.54 bits per heavy atom. The zero-order valence-corrected chi connectivity index (χ0v) is 20.0. The van der Waals surface area contributed by atoms with Crippen LogP contribution in [-0.4, -0.2) is 37.0 Å². The minimum atomic E-state index is -3.81. The van der Waals surface area contributed by atoms with Gasteiger partial charge >= 0.3 is 0 Å². The third-order valence-electron chi connectivity index (χ3n) is 6.95. The molecule has 4 heterocycles. The van der Waals surface area contributed by atoms with Gasteiger partial charge in [-0.2, -0.15) is 0 Å². The summed E-state index contributed by atoms with van der Waals surface area (Å²) in [7, 11) is -3.81. The number of oxazole rings is 1. The van der Waals surface area contributed by atoms with Crippen LogP contribution in [0.5, 0.6) is 0 Å². The van der Waals surface area contributed by atoms with E-state index in [9.17, 15) is 13.5 Å². The number of benzene rings is 1. The van der Waals surface area contributed by atoms with Crippen molar-refractivity contribution in [1.29, 1.82) is 0 Å². The molecule has 1 fully saturated rings. The number of aromatic nitrogens is 5. The molecule has 1 N–H and O–H groups in total. The molecule has 0 unspecified atom stereocenters. The normalized spacial score (nSPS) is 19.9. The SMILES string of the molecule is C[C@@H](O)c1nc2cnc3c(ccn3S(=O)(=O)c3ccccc3)c2n1C1CCC(c2cnco2)CC1. The van der Waals surface area contributed by atoms with E-state index >= 15 is 0 Å². The van der Waals surface area contributed by atoms with Crippen molar-refractivity contribution in [2.75, 3.05) is 0 Å². The molecule has 0 saturated heterocycles. The Morgan fingerprint density at radius 2 is 1.86 bits per heavy atom. The van der Waals surface area contributed by atoms with Crippen molar-refractivity contribution in [3.63, 3.8) is 0 Å². The first kappa shape index (κ1) is 22.0. The van der Waals surface area contributed by atoms with Crippen LogP contribution >= 0.6 is 0 Å². The number of hydrogen-bond acceptors (Lipinski definition) is 7. The first-order valence-corrected chi connectivity index (χ1v) is 13.1. The third kappa shape index (κ3) is 3.55. The van der Waals surface area contributed by atoms with Crippen LogP contribution in [0.15, 0.2) is 70.7 Å². The van der Waals surface area contributed by atoms with Gasteiger partial charge in [-0.05, 0) is 50.8 Å². The lowest BCUT2D eigenvalue weighted by Crippen LogP contribution is -2.20. The molecular weight excluding hydrogens is 466 g/mol. The maximum absolute atomic E-state index is 13.3. The molecule has 0 bridgehead atoms. The van der Waals surface area contributed by atoms with E-state index in [1.165, 1.54) is 10.4 Å². The third-order valence-corrected chi connectivity index (χ3v) is 8.63. The molecule has 10 heteroatoms.